The van der Waals surface area contributed by atoms with Gasteiger partial charge in [-0.05, 0) is 35.4 Å². The van der Waals surface area contributed by atoms with Crippen LogP contribution in [0.1, 0.15) is 25.0 Å². The van der Waals surface area contributed by atoms with E-state index in [2.05, 4.69) is 123 Å². The summed E-state index contributed by atoms with van der Waals surface area (Å²) in [5, 5.41) is 2.17. The number of rotatable bonds is 3. The monoisotopic (exact) mass is 540 g/mol. The first-order chi connectivity index (χ1) is 20.5. The van der Waals surface area contributed by atoms with E-state index in [0.717, 1.165) is 66.9 Å². The van der Waals surface area contributed by atoms with E-state index in [1.165, 1.54) is 11.1 Å². The lowest BCUT2D eigenvalue weighted by molar-refractivity contribution is 0.418. The molecule has 1 aliphatic rings. The minimum atomic E-state index is -0.116. The van der Waals surface area contributed by atoms with E-state index in [1.54, 1.807) is 0 Å². The third-order valence-electron chi connectivity index (χ3n) is 8.54. The van der Waals surface area contributed by atoms with Gasteiger partial charge in [-0.3, -0.25) is 0 Å². The largest absolute Gasteiger partial charge is 0.457 e. The van der Waals surface area contributed by atoms with Gasteiger partial charge in [0.15, 0.2) is 0 Å². The SMILES string of the molecule is CC1(C)c2ccccc2Oc2cc(-c3ccc(-c4ccc5ccc6ccc(-c7ccccc7)nc6c5n4)cc3)ccc21. The van der Waals surface area contributed by atoms with Gasteiger partial charge in [0.05, 0.1) is 22.4 Å². The fourth-order valence-corrected chi connectivity index (χ4v) is 6.17. The van der Waals surface area contributed by atoms with E-state index in [1.807, 2.05) is 24.3 Å². The third kappa shape index (κ3) is 3.97. The smallest absolute Gasteiger partial charge is 0.132 e. The maximum absolute atomic E-state index is 6.36. The molecule has 0 saturated heterocycles. The zero-order valence-electron chi connectivity index (χ0n) is 23.5. The highest BCUT2D eigenvalue weighted by molar-refractivity contribution is 6.04. The second-order valence-electron chi connectivity index (χ2n) is 11.5. The van der Waals surface area contributed by atoms with Gasteiger partial charge >= 0.3 is 0 Å². The van der Waals surface area contributed by atoms with Crippen molar-refractivity contribution >= 4 is 21.8 Å². The normalized spacial score (nSPS) is 13.4. The number of hydrogen-bond acceptors (Lipinski definition) is 3. The summed E-state index contributed by atoms with van der Waals surface area (Å²) in [6.07, 6.45) is 0. The Morgan fingerprint density at radius 1 is 0.452 bits per heavy atom. The first kappa shape index (κ1) is 24.5. The Kier molecular flexibility index (Phi) is 5.48. The molecule has 3 nitrogen and oxygen atoms in total. The molecule has 3 heteroatoms. The number of para-hydroxylation sites is 1. The molecule has 7 aromatic rings. The molecule has 0 bridgehead atoms. The van der Waals surface area contributed by atoms with Crippen LogP contribution >= 0.6 is 0 Å². The van der Waals surface area contributed by atoms with Gasteiger partial charge in [0.1, 0.15) is 11.5 Å². The van der Waals surface area contributed by atoms with Crippen LogP contribution in [0.2, 0.25) is 0 Å². The van der Waals surface area contributed by atoms with Crippen molar-refractivity contribution in [2.24, 2.45) is 0 Å². The summed E-state index contributed by atoms with van der Waals surface area (Å²) < 4.78 is 6.36. The summed E-state index contributed by atoms with van der Waals surface area (Å²) in [6.45, 7) is 4.53. The molecule has 0 aliphatic carbocycles. The topological polar surface area (TPSA) is 35.0 Å². The molecule has 0 spiro atoms. The molecule has 0 N–H and O–H groups in total. The van der Waals surface area contributed by atoms with Crippen molar-refractivity contribution in [3.63, 3.8) is 0 Å². The van der Waals surface area contributed by atoms with Gasteiger partial charge in [-0.2, -0.15) is 0 Å². The molecule has 2 aromatic heterocycles. The number of benzene rings is 5. The lowest BCUT2D eigenvalue weighted by Gasteiger charge is -2.34. The number of nitrogens with zero attached hydrogens (tertiary/aromatic N) is 2. The average Bonchev–Trinajstić information content (AvgIpc) is 3.04. The third-order valence-corrected chi connectivity index (χ3v) is 8.54. The summed E-state index contributed by atoms with van der Waals surface area (Å²) in [4.78, 5) is 10.2. The molecule has 0 fully saturated rings. The second kappa shape index (κ2) is 9.39. The highest BCUT2D eigenvalue weighted by atomic mass is 16.5. The van der Waals surface area contributed by atoms with E-state index in [4.69, 9.17) is 14.7 Å². The van der Waals surface area contributed by atoms with Crippen molar-refractivity contribution in [3.8, 4) is 45.1 Å². The van der Waals surface area contributed by atoms with Gasteiger partial charge in [0.25, 0.3) is 0 Å². The average molecular weight is 541 g/mol. The predicted octanol–water partition coefficient (Wildman–Crippen LogP) is 10.2. The number of pyridine rings is 2. The Balaban J connectivity index is 1.15. The summed E-state index contributed by atoms with van der Waals surface area (Å²) in [5.41, 5.74) is 10.5. The molecular formula is C39H28N2O. The van der Waals surface area contributed by atoms with Crippen LogP contribution in [0.15, 0.2) is 133 Å². The second-order valence-corrected chi connectivity index (χ2v) is 11.5. The van der Waals surface area contributed by atoms with E-state index in [0.29, 0.717) is 0 Å². The van der Waals surface area contributed by atoms with Gasteiger partial charge in [0.2, 0.25) is 0 Å². The number of hydrogen-bond donors (Lipinski definition) is 0. The molecule has 5 aromatic carbocycles. The van der Waals surface area contributed by atoms with Crippen LogP contribution in [0.3, 0.4) is 0 Å². The fourth-order valence-electron chi connectivity index (χ4n) is 6.17. The van der Waals surface area contributed by atoms with Gasteiger partial charge in [-0.25, -0.2) is 9.97 Å². The Hall–Kier alpha value is -5.28. The molecule has 0 amide bonds. The molecule has 0 atom stereocenters. The highest BCUT2D eigenvalue weighted by Gasteiger charge is 2.34. The maximum Gasteiger partial charge on any atom is 0.132 e. The Morgan fingerprint density at radius 2 is 0.976 bits per heavy atom. The van der Waals surface area contributed by atoms with E-state index in [-0.39, 0.29) is 5.41 Å². The van der Waals surface area contributed by atoms with E-state index < -0.39 is 0 Å². The standard InChI is InChI=1S/C39H28N2O/c1-39(2)31-10-6-7-11-35(31)42-36-24-30(18-21-32(36)39)25-12-14-27(15-13-25)34-23-20-29-17-16-28-19-22-33(26-8-4-3-5-9-26)40-37(28)38(29)41-34/h3-24H,1-2H3. The van der Waals surface area contributed by atoms with Crippen molar-refractivity contribution in [3.05, 3.63) is 145 Å². The van der Waals surface area contributed by atoms with Gasteiger partial charge in [-0.1, -0.05) is 123 Å². The Bertz CT molecular complexity index is 2130. The van der Waals surface area contributed by atoms with Crippen LogP contribution < -0.4 is 4.74 Å². The first-order valence-electron chi connectivity index (χ1n) is 14.3. The van der Waals surface area contributed by atoms with Crippen molar-refractivity contribution in [1.29, 1.82) is 0 Å². The number of fused-ring (bicyclic) bond motifs is 5. The van der Waals surface area contributed by atoms with E-state index >= 15 is 0 Å². The van der Waals surface area contributed by atoms with Gasteiger partial charge in [-0.15, -0.1) is 0 Å². The van der Waals surface area contributed by atoms with Crippen molar-refractivity contribution in [2.45, 2.75) is 19.3 Å². The van der Waals surface area contributed by atoms with Crippen molar-refractivity contribution in [2.75, 3.05) is 0 Å². The zero-order chi connectivity index (χ0) is 28.3. The lowest BCUT2D eigenvalue weighted by Crippen LogP contribution is -2.24. The van der Waals surface area contributed by atoms with Gasteiger partial charge in [0, 0.05) is 38.4 Å². The zero-order valence-corrected chi connectivity index (χ0v) is 23.5. The van der Waals surface area contributed by atoms with Crippen LogP contribution in [0.4, 0.5) is 0 Å². The fraction of sp³-hybridized carbons (Fsp3) is 0.0769. The van der Waals surface area contributed by atoms with Crippen LogP contribution in [-0.4, -0.2) is 9.97 Å². The molecule has 0 saturated carbocycles. The summed E-state index contributed by atoms with van der Waals surface area (Å²) >= 11 is 0. The van der Waals surface area contributed by atoms with Crippen LogP contribution in [0.25, 0.3) is 55.4 Å². The summed E-state index contributed by atoms with van der Waals surface area (Å²) in [5.74, 6) is 1.86. The highest BCUT2D eigenvalue weighted by Crippen LogP contribution is 2.48. The molecule has 200 valence electrons. The van der Waals surface area contributed by atoms with Crippen LogP contribution in [0.5, 0.6) is 11.5 Å². The minimum Gasteiger partial charge on any atom is -0.457 e. The van der Waals surface area contributed by atoms with Crippen molar-refractivity contribution in [1.82, 2.24) is 9.97 Å². The minimum absolute atomic E-state index is 0.116. The molecule has 3 heterocycles. The molecular weight excluding hydrogens is 512 g/mol. The Morgan fingerprint density at radius 3 is 1.67 bits per heavy atom. The molecule has 0 radical (unpaired) electrons. The Labute approximate surface area is 245 Å². The summed E-state index contributed by atoms with van der Waals surface area (Å²) in [7, 11) is 0. The molecule has 8 rings (SSSR count). The first-order valence-corrected chi connectivity index (χ1v) is 14.3. The van der Waals surface area contributed by atoms with Crippen LogP contribution in [-0.2, 0) is 5.41 Å². The van der Waals surface area contributed by atoms with E-state index in [9.17, 15) is 0 Å². The number of ether oxygens (including phenoxy) is 1. The molecule has 1 aliphatic heterocycles. The lowest BCUT2D eigenvalue weighted by atomic mass is 9.75. The summed E-state index contributed by atoms with van der Waals surface area (Å²) in [6, 6.07) is 46.5. The predicted molar refractivity (Wildman–Crippen MR) is 172 cm³/mol. The number of aromatic nitrogens is 2. The van der Waals surface area contributed by atoms with Crippen LogP contribution in [0, 0.1) is 0 Å². The quantitative estimate of drug-likeness (QED) is 0.209. The maximum atomic E-state index is 6.36. The molecule has 0 unspecified atom stereocenters. The van der Waals surface area contributed by atoms with Crippen molar-refractivity contribution < 1.29 is 4.74 Å². The van der Waals surface area contributed by atoms with Gasteiger partial charge < -0.3 is 4.74 Å². The molecule has 42 heavy (non-hydrogen) atoms.